The van der Waals surface area contributed by atoms with Crippen LogP contribution in [0.2, 0.25) is 0 Å². The number of carbonyl (C=O) groups excluding carboxylic acids is 1. The van der Waals surface area contributed by atoms with E-state index in [1.165, 1.54) is 50.5 Å². The molecule has 3 unspecified atom stereocenters. The monoisotopic (exact) mass is 417 g/mol. The predicted octanol–water partition coefficient (Wildman–Crippen LogP) is 4.78. The Labute approximate surface area is 183 Å². The minimum absolute atomic E-state index is 0.428. The van der Waals surface area contributed by atoms with Crippen LogP contribution in [0.25, 0.3) is 22.3 Å². The van der Waals surface area contributed by atoms with Crippen LogP contribution in [0.15, 0.2) is 36.8 Å². The van der Waals surface area contributed by atoms with Crippen molar-refractivity contribution in [2.75, 3.05) is 0 Å². The van der Waals surface area contributed by atoms with E-state index in [2.05, 4.69) is 44.1 Å². The van der Waals surface area contributed by atoms with Gasteiger partial charge in [-0.25, -0.2) is 4.98 Å². The van der Waals surface area contributed by atoms with Gasteiger partial charge < -0.3 is 9.47 Å². The Kier molecular flexibility index (Phi) is 4.81. The quantitative estimate of drug-likeness (QED) is 0.650. The van der Waals surface area contributed by atoms with Gasteiger partial charge in [-0.15, -0.1) is 0 Å². The average Bonchev–Trinajstić information content (AvgIpc) is 3.58. The van der Waals surface area contributed by atoms with Gasteiger partial charge in [-0.1, -0.05) is 19.3 Å². The zero-order valence-corrected chi connectivity index (χ0v) is 18.0. The van der Waals surface area contributed by atoms with Crippen molar-refractivity contribution in [2.45, 2.75) is 76.4 Å². The molecule has 1 aliphatic carbocycles. The topological polar surface area (TPSA) is 66.8 Å². The number of rotatable bonds is 5. The number of aromatic amines is 1. The molecule has 3 aromatic heterocycles. The Bertz CT molecular complexity index is 1060. The minimum Gasteiger partial charge on any atom is -0.346 e. The van der Waals surface area contributed by atoms with Crippen molar-refractivity contribution in [3.63, 3.8) is 0 Å². The summed E-state index contributed by atoms with van der Waals surface area (Å²) < 4.78 is 2.34. The molecule has 6 heteroatoms. The van der Waals surface area contributed by atoms with Crippen molar-refractivity contribution in [2.24, 2.45) is 11.8 Å². The number of amides is 1. The lowest BCUT2D eigenvalue weighted by Gasteiger charge is -2.28. The van der Waals surface area contributed by atoms with Gasteiger partial charge in [0.1, 0.15) is 0 Å². The second-order valence-corrected chi connectivity index (χ2v) is 9.86. The summed E-state index contributed by atoms with van der Waals surface area (Å²) in [5.74, 6) is 1.62. The number of hydrogen-bond donors (Lipinski definition) is 1. The second-order valence-electron chi connectivity index (χ2n) is 9.86. The fourth-order valence-electron chi connectivity index (χ4n) is 6.48. The Hall–Kier alpha value is -2.63. The van der Waals surface area contributed by atoms with E-state index in [9.17, 15) is 4.79 Å². The molecule has 6 nitrogen and oxygen atoms in total. The van der Waals surface area contributed by atoms with E-state index in [0.29, 0.717) is 29.8 Å². The van der Waals surface area contributed by atoms with Gasteiger partial charge in [0.25, 0.3) is 0 Å². The number of hydrogen-bond acceptors (Lipinski definition) is 3. The van der Waals surface area contributed by atoms with Crippen LogP contribution in [0.3, 0.4) is 0 Å². The van der Waals surface area contributed by atoms with Crippen molar-refractivity contribution in [3.8, 4) is 11.3 Å². The first-order valence-corrected chi connectivity index (χ1v) is 12.0. The molecule has 3 aliphatic rings. The molecule has 5 heterocycles. The number of fused-ring (bicyclic) bond motifs is 3. The molecule has 2 aliphatic heterocycles. The highest BCUT2D eigenvalue weighted by Crippen LogP contribution is 2.44. The van der Waals surface area contributed by atoms with Gasteiger partial charge in [-0.2, -0.15) is 5.10 Å². The first-order valence-electron chi connectivity index (χ1n) is 12.0. The summed E-state index contributed by atoms with van der Waals surface area (Å²) in [5, 5.41) is 6.89. The van der Waals surface area contributed by atoms with E-state index in [1.54, 1.807) is 6.20 Å². The Balaban J connectivity index is 1.17. The lowest BCUT2D eigenvalue weighted by Crippen LogP contribution is -2.38. The molecule has 0 spiro atoms. The van der Waals surface area contributed by atoms with Crippen LogP contribution in [0, 0.1) is 11.8 Å². The molecule has 1 N–H and O–H groups in total. The van der Waals surface area contributed by atoms with Gasteiger partial charge in [0.05, 0.1) is 22.9 Å². The average molecular weight is 418 g/mol. The Morgan fingerprint density at radius 3 is 2.84 bits per heavy atom. The van der Waals surface area contributed by atoms with Crippen LogP contribution < -0.4 is 0 Å². The highest BCUT2D eigenvalue weighted by atomic mass is 16.2. The maximum absolute atomic E-state index is 13.2. The molecule has 31 heavy (non-hydrogen) atoms. The molecule has 1 amide bonds. The van der Waals surface area contributed by atoms with Crippen molar-refractivity contribution >= 4 is 16.9 Å². The van der Waals surface area contributed by atoms with Crippen LogP contribution in [-0.2, 0) is 11.3 Å². The van der Waals surface area contributed by atoms with Crippen LogP contribution in [0.4, 0.5) is 0 Å². The minimum atomic E-state index is 0.428. The molecular formula is C25H31N5O. The highest BCUT2D eigenvalue weighted by Gasteiger charge is 2.48. The summed E-state index contributed by atoms with van der Waals surface area (Å²) in [4.78, 5) is 20.3. The smallest absolute Gasteiger partial charge is 0.223 e. The van der Waals surface area contributed by atoms with Gasteiger partial charge in [0, 0.05) is 43.0 Å². The third-order valence-corrected chi connectivity index (χ3v) is 7.99. The third kappa shape index (κ3) is 3.46. The zero-order chi connectivity index (χ0) is 20.8. The first-order chi connectivity index (χ1) is 15.3. The molecule has 3 aromatic rings. The van der Waals surface area contributed by atoms with Crippen molar-refractivity contribution < 1.29 is 4.79 Å². The first kappa shape index (κ1) is 19.1. The van der Waals surface area contributed by atoms with Gasteiger partial charge >= 0.3 is 0 Å². The van der Waals surface area contributed by atoms with Gasteiger partial charge in [0.2, 0.25) is 5.91 Å². The Morgan fingerprint density at radius 1 is 1.10 bits per heavy atom. The highest BCUT2D eigenvalue weighted by molar-refractivity contribution is 5.79. The second kappa shape index (κ2) is 7.81. The van der Waals surface area contributed by atoms with E-state index in [1.807, 2.05) is 6.20 Å². The molecule has 2 bridgehead atoms. The number of H-pyrrole nitrogens is 1. The maximum Gasteiger partial charge on any atom is 0.223 e. The Morgan fingerprint density at radius 2 is 2.00 bits per heavy atom. The molecule has 2 saturated heterocycles. The molecule has 0 radical (unpaired) electrons. The van der Waals surface area contributed by atoms with E-state index in [0.717, 1.165) is 36.2 Å². The lowest BCUT2D eigenvalue weighted by atomic mass is 9.86. The van der Waals surface area contributed by atoms with Crippen LogP contribution in [0.5, 0.6) is 0 Å². The number of nitrogens with zero attached hydrogens (tertiary/aromatic N) is 4. The van der Waals surface area contributed by atoms with Gasteiger partial charge in [-0.05, 0) is 62.1 Å². The summed E-state index contributed by atoms with van der Waals surface area (Å²) in [7, 11) is 0. The van der Waals surface area contributed by atoms with Gasteiger partial charge in [-0.3, -0.25) is 9.89 Å². The number of aromatic nitrogens is 4. The molecule has 3 fully saturated rings. The summed E-state index contributed by atoms with van der Waals surface area (Å²) >= 11 is 0. The number of nitrogens with one attached hydrogen (secondary N) is 1. The summed E-state index contributed by atoms with van der Waals surface area (Å²) in [5.41, 5.74) is 4.15. The maximum atomic E-state index is 13.2. The van der Waals surface area contributed by atoms with Crippen molar-refractivity contribution in [1.29, 1.82) is 0 Å². The van der Waals surface area contributed by atoms with Crippen LogP contribution >= 0.6 is 0 Å². The normalized spacial score (nSPS) is 26.2. The van der Waals surface area contributed by atoms with E-state index >= 15 is 0 Å². The van der Waals surface area contributed by atoms with Gasteiger partial charge in [0.15, 0.2) is 0 Å². The zero-order valence-electron chi connectivity index (χ0n) is 18.0. The van der Waals surface area contributed by atoms with E-state index in [4.69, 9.17) is 4.98 Å². The predicted molar refractivity (Wildman–Crippen MR) is 120 cm³/mol. The van der Waals surface area contributed by atoms with Crippen molar-refractivity contribution in [1.82, 2.24) is 24.6 Å². The molecular weight excluding hydrogens is 386 g/mol. The standard InChI is InChI=1S/C25H31N5O/c31-25(12-17-4-2-1-3-5-17)30-20-6-8-23(30)18(13-20)16-29-11-10-22-24(29)9-7-21(28-22)19-14-26-27-15-19/h7,9-11,14-15,17-18,20,23H,1-6,8,12-13,16H2,(H,26,27). The summed E-state index contributed by atoms with van der Waals surface area (Å²) in [6, 6.07) is 7.25. The molecule has 3 atom stereocenters. The molecule has 6 rings (SSSR count). The molecule has 0 aromatic carbocycles. The summed E-state index contributed by atoms with van der Waals surface area (Å²) in [6.07, 6.45) is 16.6. The van der Waals surface area contributed by atoms with E-state index < -0.39 is 0 Å². The fraction of sp³-hybridized carbons (Fsp3) is 0.560. The molecule has 1 saturated carbocycles. The fourth-order valence-corrected chi connectivity index (χ4v) is 6.48. The van der Waals surface area contributed by atoms with E-state index in [-0.39, 0.29) is 0 Å². The van der Waals surface area contributed by atoms with Crippen LogP contribution in [-0.4, -0.2) is 42.6 Å². The SMILES string of the molecule is O=C(CC1CCCCC1)N1C2CCC1C(Cn1ccc3nc(-c4cn[nH]c4)ccc31)C2. The van der Waals surface area contributed by atoms with Crippen LogP contribution in [0.1, 0.15) is 57.8 Å². The third-order valence-electron chi connectivity index (χ3n) is 7.99. The largest absolute Gasteiger partial charge is 0.346 e. The number of pyridine rings is 1. The van der Waals surface area contributed by atoms with Crippen molar-refractivity contribution in [3.05, 3.63) is 36.8 Å². The molecule has 162 valence electrons. The summed E-state index contributed by atoms with van der Waals surface area (Å²) in [6.45, 7) is 0.977. The lowest BCUT2D eigenvalue weighted by molar-refractivity contribution is -0.133. The number of carbonyl (C=O) groups is 1.